The molecule has 0 aliphatic carbocycles. The number of hydrogen-bond acceptors (Lipinski definition) is 3. The fourth-order valence-corrected chi connectivity index (χ4v) is 4.65. The molecule has 120 valence electrons. The second-order valence-electron chi connectivity index (χ2n) is 5.57. The topological polar surface area (TPSA) is 64.0 Å². The molecule has 8 heteroatoms. The molecule has 1 heterocycles. The van der Waals surface area contributed by atoms with E-state index in [-0.39, 0.29) is 10.0 Å². The first-order valence-electron chi connectivity index (χ1n) is 6.54. The van der Waals surface area contributed by atoms with E-state index in [0.29, 0.717) is 5.69 Å². The maximum absolute atomic E-state index is 12.7. The minimum Gasteiger partial charge on any atom is -0.255 e. The van der Waals surface area contributed by atoms with Crippen LogP contribution in [0.3, 0.4) is 0 Å². The molecule has 0 atom stereocenters. The zero-order valence-electron chi connectivity index (χ0n) is 12.7. The molecule has 0 amide bonds. The second-order valence-corrected chi connectivity index (χ2v) is 8.46. The van der Waals surface area contributed by atoms with E-state index in [4.69, 9.17) is 11.6 Å². The minimum atomic E-state index is -3.79. The Labute approximate surface area is 143 Å². The van der Waals surface area contributed by atoms with Crippen LogP contribution in [0.2, 0.25) is 5.15 Å². The lowest BCUT2D eigenvalue weighted by molar-refractivity contribution is 0.472. The third kappa shape index (κ3) is 3.37. The van der Waals surface area contributed by atoms with Gasteiger partial charge in [-0.2, -0.15) is 5.10 Å². The Hall–Kier alpha value is -0.890. The highest BCUT2D eigenvalue weighted by atomic mass is 79.9. The van der Waals surface area contributed by atoms with Crippen molar-refractivity contribution < 1.29 is 8.42 Å². The van der Waals surface area contributed by atoms with Gasteiger partial charge in [-0.1, -0.05) is 39.7 Å². The molecule has 0 radical (unpaired) electrons. The van der Waals surface area contributed by atoms with Crippen molar-refractivity contribution in [3.63, 3.8) is 0 Å². The largest absolute Gasteiger partial charge is 0.255 e. The summed E-state index contributed by atoms with van der Waals surface area (Å²) in [6, 6.07) is 7.47. The summed E-state index contributed by atoms with van der Waals surface area (Å²) in [5.74, 6) is 0. The Morgan fingerprint density at radius 1 is 1.27 bits per heavy atom. The molecule has 0 bridgehead atoms. The third-order valence-corrected chi connectivity index (χ3v) is 6.20. The van der Waals surface area contributed by atoms with Gasteiger partial charge in [-0.05, 0) is 38.5 Å². The SMILES string of the molecule is Cc1nn(C)c(Cl)c1S(=O)(=O)NC(C)(C)c1ccc(Br)cc1. The Morgan fingerprint density at radius 3 is 2.27 bits per heavy atom. The van der Waals surface area contributed by atoms with Crippen molar-refractivity contribution in [2.45, 2.75) is 31.2 Å². The fraction of sp³-hybridized carbons (Fsp3) is 0.357. The van der Waals surface area contributed by atoms with E-state index in [1.54, 1.807) is 27.8 Å². The number of rotatable bonds is 4. The van der Waals surface area contributed by atoms with Gasteiger partial charge in [0.15, 0.2) is 0 Å². The van der Waals surface area contributed by atoms with Crippen LogP contribution in [-0.4, -0.2) is 18.2 Å². The summed E-state index contributed by atoms with van der Waals surface area (Å²) in [6.45, 7) is 5.22. The molecule has 0 unspecified atom stereocenters. The molecule has 2 aromatic rings. The number of nitrogens with zero attached hydrogens (tertiary/aromatic N) is 2. The highest BCUT2D eigenvalue weighted by Gasteiger charge is 2.32. The second kappa shape index (κ2) is 5.96. The smallest absolute Gasteiger partial charge is 0.246 e. The van der Waals surface area contributed by atoms with E-state index in [1.165, 1.54) is 4.68 Å². The average molecular weight is 407 g/mol. The number of halogens is 2. The summed E-state index contributed by atoms with van der Waals surface area (Å²) in [5, 5.41) is 4.14. The highest BCUT2D eigenvalue weighted by molar-refractivity contribution is 9.10. The van der Waals surface area contributed by atoms with Gasteiger partial charge in [0, 0.05) is 11.5 Å². The van der Waals surface area contributed by atoms with Crippen LogP contribution in [0.15, 0.2) is 33.6 Å². The van der Waals surface area contributed by atoms with Crippen molar-refractivity contribution in [3.05, 3.63) is 45.1 Å². The summed E-state index contributed by atoms with van der Waals surface area (Å²) in [6.07, 6.45) is 0. The molecule has 0 fully saturated rings. The summed E-state index contributed by atoms with van der Waals surface area (Å²) < 4.78 is 30.3. The predicted octanol–water partition coefficient (Wildman–Crippen LogP) is 3.36. The van der Waals surface area contributed by atoms with E-state index in [9.17, 15) is 8.42 Å². The van der Waals surface area contributed by atoms with Gasteiger partial charge in [0.05, 0.1) is 11.2 Å². The quantitative estimate of drug-likeness (QED) is 0.847. The fourth-order valence-electron chi connectivity index (χ4n) is 2.23. The Morgan fingerprint density at radius 2 is 1.82 bits per heavy atom. The number of aromatic nitrogens is 2. The molecule has 0 aliphatic heterocycles. The van der Waals surface area contributed by atoms with Crippen LogP contribution in [0.5, 0.6) is 0 Å². The zero-order valence-corrected chi connectivity index (χ0v) is 15.8. The van der Waals surface area contributed by atoms with Crippen molar-refractivity contribution in [2.75, 3.05) is 0 Å². The van der Waals surface area contributed by atoms with Crippen LogP contribution in [0.1, 0.15) is 25.1 Å². The number of benzene rings is 1. The maximum Gasteiger partial charge on any atom is 0.246 e. The number of hydrogen-bond donors (Lipinski definition) is 1. The zero-order chi connectivity index (χ0) is 16.7. The first-order valence-corrected chi connectivity index (χ1v) is 9.19. The number of sulfonamides is 1. The Bertz CT molecular complexity index is 798. The van der Waals surface area contributed by atoms with Gasteiger partial charge >= 0.3 is 0 Å². The molecule has 1 aromatic carbocycles. The summed E-state index contributed by atoms with van der Waals surface area (Å²) in [5.41, 5.74) is 0.425. The van der Waals surface area contributed by atoms with Gasteiger partial charge in [-0.25, -0.2) is 13.1 Å². The van der Waals surface area contributed by atoms with E-state index < -0.39 is 15.6 Å². The number of nitrogens with one attached hydrogen (secondary N) is 1. The van der Waals surface area contributed by atoms with Crippen molar-refractivity contribution in [2.24, 2.45) is 7.05 Å². The van der Waals surface area contributed by atoms with Gasteiger partial charge in [-0.3, -0.25) is 4.68 Å². The van der Waals surface area contributed by atoms with Crippen LogP contribution in [0.25, 0.3) is 0 Å². The Kier molecular flexibility index (Phi) is 4.73. The minimum absolute atomic E-state index is 0.0156. The predicted molar refractivity (Wildman–Crippen MR) is 90.4 cm³/mol. The maximum atomic E-state index is 12.7. The average Bonchev–Trinajstić information content (AvgIpc) is 2.62. The Balaban J connectivity index is 2.41. The highest BCUT2D eigenvalue weighted by Crippen LogP contribution is 2.28. The summed E-state index contributed by atoms with van der Waals surface area (Å²) in [4.78, 5) is 0.0156. The van der Waals surface area contributed by atoms with Crippen molar-refractivity contribution in [1.82, 2.24) is 14.5 Å². The van der Waals surface area contributed by atoms with Gasteiger partial charge < -0.3 is 0 Å². The van der Waals surface area contributed by atoms with Crippen LogP contribution in [0.4, 0.5) is 0 Å². The van der Waals surface area contributed by atoms with E-state index in [1.807, 2.05) is 24.3 Å². The van der Waals surface area contributed by atoms with E-state index in [2.05, 4.69) is 25.8 Å². The van der Waals surface area contributed by atoms with Gasteiger partial charge in [0.2, 0.25) is 10.0 Å². The van der Waals surface area contributed by atoms with Crippen molar-refractivity contribution in [1.29, 1.82) is 0 Å². The first kappa shape index (κ1) is 17.5. The standard InChI is InChI=1S/C14H17BrClN3O2S/c1-9-12(13(16)19(4)17-9)22(20,21)18-14(2,3)10-5-7-11(15)8-6-10/h5-8,18H,1-4H3. The lowest BCUT2D eigenvalue weighted by Gasteiger charge is -2.26. The third-order valence-electron chi connectivity index (χ3n) is 3.32. The first-order chi connectivity index (χ1) is 10.0. The summed E-state index contributed by atoms with van der Waals surface area (Å²) in [7, 11) is -2.19. The van der Waals surface area contributed by atoms with Crippen LogP contribution < -0.4 is 4.72 Å². The van der Waals surface area contributed by atoms with Crippen LogP contribution in [0, 0.1) is 6.92 Å². The lowest BCUT2D eigenvalue weighted by Crippen LogP contribution is -2.41. The van der Waals surface area contributed by atoms with Gasteiger partial charge in [0.25, 0.3) is 0 Å². The summed E-state index contributed by atoms with van der Waals surface area (Å²) >= 11 is 9.43. The molecular weight excluding hydrogens is 390 g/mol. The monoisotopic (exact) mass is 405 g/mol. The van der Waals surface area contributed by atoms with Crippen LogP contribution in [-0.2, 0) is 22.6 Å². The molecular formula is C14H17BrClN3O2S. The molecule has 0 saturated heterocycles. The van der Waals surface area contributed by atoms with Crippen molar-refractivity contribution >= 4 is 37.6 Å². The van der Waals surface area contributed by atoms with Gasteiger partial charge in [0.1, 0.15) is 10.0 Å². The molecule has 22 heavy (non-hydrogen) atoms. The van der Waals surface area contributed by atoms with E-state index >= 15 is 0 Å². The van der Waals surface area contributed by atoms with Gasteiger partial charge in [-0.15, -0.1) is 0 Å². The van der Waals surface area contributed by atoms with Crippen LogP contribution >= 0.6 is 27.5 Å². The molecule has 0 saturated carbocycles. The molecule has 5 nitrogen and oxygen atoms in total. The molecule has 0 aliphatic rings. The van der Waals surface area contributed by atoms with Crippen molar-refractivity contribution in [3.8, 4) is 0 Å². The molecule has 0 spiro atoms. The molecule has 1 aromatic heterocycles. The van der Waals surface area contributed by atoms with E-state index in [0.717, 1.165) is 10.0 Å². The normalized spacial score (nSPS) is 12.6. The molecule has 1 N–H and O–H groups in total. The molecule has 2 rings (SSSR count). The number of aryl methyl sites for hydroxylation is 2. The lowest BCUT2D eigenvalue weighted by atomic mass is 9.96.